The quantitative estimate of drug-likeness (QED) is 0.0712. The number of fused-ring (bicyclic) bond motifs is 2. The number of carbonyl (C=O) groups excluding carboxylic acids is 3. The Balaban J connectivity index is 1.15. The second-order valence-corrected chi connectivity index (χ2v) is 16.2. The molecule has 15 nitrogen and oxygen atoms in total. The first-order valence-corrected chi connectivity index (χ1v) is 20.4. The number of benzene rings is 3. The monoisotopic (exact) mass is 795 g/mol. The minimum Gasteiger partial charge on any atom is -0.461 e. The van der Waals surface area contributed by atoms with Crippen molar-refractivity contribution in [2.45, 2.75) is 81.0 Å². The molecule has 0 spiro atoms. The first kappa shape index (κ1) is 38.3. The second-order valence-electron chi connectivity index (χ2n) is 14.5. The second kappa shape index (κ2) is 15.7. The number of nitrogens with one attached hydrogen (secondary N) is 1. The van der Waals surface area contributed by atoms with Gasteiger partial charge in [-0.25, -0.2) is 23.7 Å². The van der Waals surface area contributed by atoms with Crippen LogP contribution >= 0.6 is 7.75 Å². The minimum atomic E-state index is -4.44. The highest BCUT2D eigenvalue weighted by atomic mass is 31.2. The molecule has 8 rings (SSSR count). The summed E-state index contributed by atoms with van der Waals surface area (Å²) in [6, 6.07) is 27.3. The van der Waals surface area contributed by atoms with Gasteiger partial charge in [-0.2, -0.15) is 10.2 Å². The van der Waals surface area contributed by atoms with Crippen molar-refractivity contribution in [3.05, 3.63) is 126 Å². The van der Waals surface area contributed by atoms with Crippen molar-refractivity contribution in [1.29, 1.82) is 0 Å². The third kappa shape index (κ3) is 7.75. The normalized spacial score (nSPS) is 24.4. The molecule has 1 aliphatic heterocycles. The number of carbonyl (C=O) groups is 3. The first-order valence-electron chi connectivity index (χ1n) is 18.9. The van der Waals surface area contributed by atoms with Crippen molar-refractivity contribution in [3.63, 3.8) is 0 Å². The number of ether oxygens (including phenoxy) is 4. The van der Waals surface area contributed by atoms with Crippen molar-refractivity contribution >= 4 is 37.0 Å². The van der Waals surface area contributed by atoms with E-state index < -0.39 is 61.7 Å². The van der Waals surface area contributed by atoms with Crippen molar-refractivity contribution in [1.82, 2.24) is 19.7 Å². The minimum absolute atomic E-state index is 0.0210. The Labute approximate surface area is 328 Å². The Kier molecular flexibility index (Phi) is 10.6. The lowest BCUT2D eigenvalue weighted by Crippen LogP contribution is -2.42. The largest absolute Gasteiger partial charge is 0.461 e. The van der Waals surface area contributed by atoms with Crippen LogP contribution in [0.3, 0.4) is 0 Å². The predicted molar refractivity (Wildman–Crippen MR) is 205 cm³/mol. The van der Waals surface area contributed by atoms with Crippen LogP contribution in [-0.4, -0.2) is 68.6 Å². The van der Waals surface area contributed by atoms with Gasteiger partial charge in [-0.3, -0.25) is 9.32 Å². The van der Waals surface area contributed by atoms with Crippen molar-refractivity contribution < 1.29 is 46.9 Å². The van der Waals surface area contributed by atoms with Crippen LogP contribution < -0.4 is 15.3 Å². The molecule has 5 aromatic rings. The molecule has 296 valence electrons. The van der Waals surface area contributed by atoms with Crippen LogP contribution in [0.25, 0.3) is 5.52 Å². The highest BCUT2D eigenvalue weighted by molar-refractivity contribution is 7.52. The summed E-state index contributed by atoms with van der Waals surface area (Å²) in [5.41, 5.74) is 4.33. The smallest absolute Gasteiger partial charge is 0.459 e. The average Bonchev–Trinajstić information content (AvgIpc) is 3.49. The van der Waals surface area contributed by atoms with Crippen LogP contribution in [0.1, 0.15) is 78.0 Å². The number of aromatic nitrogens is 3. The highest BCUT2D eigenvalue weighted by Crippen LogP contribution is 2.68. The molecule has 3 aromatic carbocycles. The van der Waals surface area contributed by atoms with E-state index in [1.165, 1.54) is 17.8 Å². The van der Waals surface area contributed by atoms with E-state index >= 15 is 0 Å². The van der Waals surface area contributed by atoms with Crippen LogP contribution in [0.5, 0.6) is 5.75 Å². The van der Waals surface area contributed by atoms with Gasteiger partial charge in [-0.15, -0.1) is 0 Å². The van der Waals surface area contributed by atoms with Crippen LogP contribution in [0.4, 0.5) is 5.82 Å². The lowest BCUT2D eigenvalue weighted by atomic mass is 9.98. The molecule has 6 atom stereocenters. The zero-order valence-electron chi connectivity index (χ0n) is 31.1. The molecule has 0 radical (unpaired) electrons. The van der Waals surface area contributed by atoms with E-state index in [1.54, 1.807) is 103 Å². The molecular formula is C41H42N5O10P. The van der Waals surface area contributed by atoms with Gasteiger partial charge in [-0.1, -0.05) is 61.0 Å². The standard InChI is InChI=1S/C41H42N5O10P/c1-27(37(47)52-30-18-10-4-11-19-30)45-57(50,56-31-20-12-5-13-21-31)51-25-40-24-41(40,55-39(49)29-16-8-3-9-17-29)35(53-38(48)28-14-6-2-7-15-28)34(54-40)32-22-23-33-36(42)43-26-44-46(32)33/h2-3,5-9,12-17,20-23,26-27,30,34-35H,4,10-11,18-19,24-25H2,1H3,(H,45,50)(H2,42,43,44)/t27-,34-,35-,40+,41-,57-/m0/s1. The molecule has 3 aliphatic rings. The molecule has 0 unspecified atom stereocenters. The van der Waals surface area contributed by atoms with Gasteiger partial charge in [0.15, 0.2) is 17.5 Å². The van der Waals surface area contributed by atoms with Gasteiger partial charge in [0.2, 0.25) is 0 Å². The number of hydrogen-bond acceptors (Lipinski definition) is 13. The number of anilines is 1. The molecule has 57 heavy (non-hydrogen) atoms. The van der Waals surface area contributed by atoms with E-state index in [-0.39, 0.29) is 35.2 Å². The molecule has 1 saturated heterocycles. The molecule has 0 amide bonds. The number of nitrogens with two attached hydrogens (primary N) is 1. The van der Waals surface area contributed by atoms with Crippen molar-refractivity contribution in [3.8, 4) is 5.75 Å². The summed E-state index contributed by atoms with van der Waals surface area (Å²) in [4.78, 5) is 45.1. The fraction of sp³-hybridized carbons (Fsp3) is 0.341. The van der Waals surface area contributed by atoms with Gasteiger partial charge in [0.25, 0.3) is 0 Å². The number of rotatable bonds is 14. The van der Waals surface area contributed by atoms with Crippen molar-refractivity contribution in [2.75, 3.05) is 12.3 Å². The van der Waals surface area contributed by atoms with Gasteiger partial charge < -0.3 is 29.2 Å². The number of hydrogen-bond donors (Lipinski definition) is 2. The summed E-state index contributed by atoms with van der Waals surface area (Å²) < 4.78 is 53.6. The fourth-order valence-corrected chi connectivity index (χ4v) is 9.12. The SMILES string of the molecule is C[C@H](N[P@](=O)(OC[C@]12C[C@]1(OC(=O)c1ccccc1)[C@@H](OC(=O)c1ccccc1)[C@H](c1ccc3c(N)ncnn13)O2)Oc1ccccc1)C(=O)OC1CCCCC1. The Morgan fingerprint density at radius 3 is 2.23 bits per heavy atom. The topological polar surface area (TPSA) is 192 Å². The maximum atomic E-state index is 14.8. The average molecular weight is 796 g/mol. The first-order chi connectivity index (χ1) is 27.6. The molecule has 0 bridgehead atoms. The zero-order chi connectivity index (χ0) is 39.6. The third-order valence-corrected chi connectivity index (χ3v) is 12.2. The van der Waals surface area contributed by atoms with Gasteiger partial charge in [0, 0.05) is 6.42 Å². The number of para-hydroxylation sites is 1. The molecule has 3 fully saturated rings. The van der Waals surface area contributed by atoms with Gasteiger partial charge >= 0.3 is 25.7 Å². The molecule has 2 saturated carbocycles. The highest BCUT2D eigenvalue weighted by Gasteiger charge is 2.85. The van der Waals surface area contributed by atoms with E-state index in [9.17, 15) is 18.9 Å². The van der Waals surface area contributed by atoms with Gasteiger partial charge in [0.1, 0.15) is 41.4 Å². The Morgan fingerprint density at radius 1 is 0.895 bits per heavy atom. The van der Waals surface area contributed by atoms with E-state index in [0.29, 0.717) is 11.2 Å². The summed E-state index contributed by atoms with van der Waals surface area (Å²) in [6.45, 7) is 1.02. The van der Waals surface area contributed by atoms with Gasteiger partial charge in [-0.05, 0) is 81.1 Å². The Hall–Kier alpha value is -5.60. The Bertz CT molecular complexity index is 2290. The number of esters is 3. The molecule has 2 aromatic heterocycles. The molecule has 3 heterocycles. The lowest BCUT2D eigenvalue weighted by Gasteiger charge is -2.27. The van der Waals surface area contributed by atoms with E-state index in [0.717, 1.165) is 32.1 Å². The molecular weight excluding hydrogens is 753 g/mol. The van der Waals surface area contributed by atoms with E-state index in [1.807, 2.05) is 0 Å². The maximum Gasteiger partial charge on any atom is 0.459 e. The summed E-state index contributed by atoms with van der Waals surface area (Å²) in [5, 5.41) is 7.14. The lowest BCUT2D eigenvalue weighted by molar-refractivity contribution is -0.152. The number of nitrogens with zero attached hydrogens (tertiary/aromatic N) is 3. The van der Waals surface area contributed by atoms with Gasteiger partial charge in [0.05, 0.1) is 23.4 Å². The van der Waals surface area contributed by atoms with Crippen molar-refractivity contribution in [2.24, 2.45) is 0 Å². The van der Waals surface area contributed by atoms with E-state index in [2.05, 4.69) is 15.2 Å². The van der Waals surface area contributed by atoms with Crippen LogP contribution in [0.15, 0.2) is 109 Å². The summed E-state index contributed by atoms with van der Waals surface area (Å²) in [7, 11) is -4.44. The Morgan fingerprint density at radius 2 is 1.54 bits per heavy atom. The summed E-state index contributed by atoms with van der Waals surface area (Å²) in [5.74, 6) is -1.62. The third-order valence-electron chi connectivity index (χ3n) is 10.6. The fourth-order valence-electron chi connectivity index (χ4n) is 7.58. The van der Waals surface area contributed by atoms with Crippen LogP contribution in [0, 0.1) is 0 Å². The molecule has 2 aliphatic carbocycles. The molecule has 3 N–H and O–H groups in total. The maximum absolute atomic E-state index is 14.8. The summed E-state index contributed by atoms with van der Waals surface area (Å²) >= 11 is 0. The number of nitrogen functional groups attached to an aromatic ring is 1. The predicted octanol–water partition coefficient (Wildman–Crippen LogP) is 6.40. The zero-order valence-corrected chi connectivity index (χ0v) is 32.0. The van der Waals surface area contributed by atoms with Crippen LogP contribution in [0.2, 0.25) is 0 Å². The summed E-state index contributed by atoms with van der Waals surface area (Å²) in [6.07, 6.45) is 3.14. The van der Waals surface area contributed by atoms with Crippen LogP contribution in [-0.2, 0) is 32.8 Å². The molecule has 16 heteroatoms. The van der Waals surface area contributed by atoms with E-state index in [4.69, 9.17) is 33.7 Å².